The third-order valence-electron chi connectivity index (χ3n) is 6.87. The molecule has 2 aliphatic rings. The number of aromatic nitrogens is 1. The van der Waals surface area contributed by atoms with Crippen LogP contribution in [0.15, 0.2) is 101 Å². The molecule has 3 aromatic carbocycles. The number of benzene rings is 3. The maximum atomic E-state index is 13.6. The van der Waals surface area contributed by atoms with Crippen molar-refractivity contribution in [3.63, 3.8) is 0 Å². The number of hydrogen-bond donors (Lipinski definition) is 1. The fourth-order valence-corrected chi connectivity index (χ4v) is 6.18. The monoisotopic (exact) mass is 481 g/mol. The zero-order valence-corrected chi connectivity index (χ0v) is 20.1. The second-order valence-corrected chi connectivity index (χ2v) is 9.69. The molecule has 1 saturated heterocycles. The molecule has 3 heterocycles. The number of thiazole rings is 1. The van der Waals surface area contributed by atoms with Crippen LogP contribution in [0.1, 0.15) is 16.7 Å². The number of amides is 2. The molecule has 35 heavy (non-hydrogen) atoms. The lowest BCUT2D eigenvalue weighted by Gasteiger charge is -2.49. The van der Waals surface area contributed by atoms with Crippen molar-refractivity contribution in [1.29, 1.82) is 0 Å². The first-order valence-electron chi connectivity index (χ1n) is 11.3. The van der Waals surface area contributed by atoms with Gasteiger partial charge in [0.2, 0.25) is 16.1 Å². The van der Waals surface area contributed by atoms with E-state index in [0.29, 0.717) is 9.33 Å². The first-order valence-corrected chi connectivity index (χ1v) is 12.1. The molecule has 6 rings (SSSR count). The van der Waals surface area contributed by atoms with Crippen LogP contribution < -0.4 is 20.3 Å². The number of carbonyl (C=O) groups is 1. The Morgan fingerprint density at radius 3 is 2.00 bits per heavy atom. The molecule has 0 saturated carbocycles. The number of nitrogens with one attached hydrogen (secondary N) is 1. The minimum absolute atomic E-state index is 0.201. The smallest absolute Gasteiger partial charge is 0.295 e. The van der Waals surface area contributed by atoms with E-state index in [4.69, 9.17) is 4.99 Å². The van der Waals surface area contributed by atoms with Crippen molar-refractivity contribution in [2.75, 3.05) is 19.5 Å². The zero-order valence-electron chi connectivity index (χ0n) is 19.3. The summed E-state index contributed by atoms with van der Waals surface area (Å²) in [6.45, 7) is 0. The van der Waals surface area contributed by atoms with Crippen LogP contribution in [0.5, 0.6) is 0 Å². The molecular formula is C27H23N5O2S. The number of hydrogen-bond acceptors (Lipinski definition) is 5. The molecule has 0 bridgehead atoms. The van der Waals surface area contributed by atoms with E-state index in [2.05, 4.69) is 5.43 Å². The van der Waals surface area contributed by atoms with Crippen LogP contribution in [0.3, 0.4) is 0 Å². The Labute approximate surface area is 205 Å². The lowest BCUT2D eigenvalue weighted by molar-refractivity contribution is 0.0648. The molecule has 174 valence electrons. The first-order chi connectivity index (χ1) is 17.0. The highest BCUT2D eigenvalue weighted by atomic mass is 32.1. The zero-order chi connectivity index (χ0) is 24.2. The molecule has 1 fully saturated rings. The van der Waals surface area contributed by atoms with Crippen molar-refractivity contribution in [3.05, 3.63) is 127 Å². The Morgan fingerprint density at radius 1 is 0.800 bits per heavy atom. The van der Waals surface area contributed by atoms with Crippen molar-refractivity contribution >= 4 is 23.4 Å². The molecule has 0 spiro atoms. The minimum Gasteiger partial charge on any atom is -0.295 e. The first kappa shape index (κ1) is 21.4. The van der Waals surface area contributed by atoms with Crippen LogP contribution in [0.25, 0.3) is 6.08 Å². The minimum atomic E-state index is -1.16. The Bertz CT molecular complexity index is 1600. The molecule has 1 N–H and O–H groups in total. The van der Waals surface area contributed by atoms with E-state index >= 15 is 0 Å². The maximum Gasteiger partial charge on any atom is 0.324 e. The van der Waals surface area contributed by atoms with Gasteiger partial charge in [0.05, 0.1) is 4.53 Å². The SMILES string of the molecule is CN1C(=O)N(C)[C@]2(c3ccccc3)N=c3s/c(=C/c4ccccc4)c(=O)n3N[C@]12c1ccccc1. The number of urea groups is 1. The molecule has 2 aliphatic heterocycles. The van der Waals surface area contributed by atoms with Crippen LogP contribution in [-0.4, -0.2) is 34.6 Å². The van der Waals surface area contributed by atoms with Crippen LogP contribution in [0, 0.1) is 0 Å². The van der Waals surface area contributed by atoms with Gasteiger partial charge in [-0.3, -0.25) is 20.0 Å². The van der Waals surface area contributed by atoms with E-state index in [1.54, 1.807) is 23.9 Å². The summed E-state index contributed by atoms with van der Waals surface area (Å²) in [5.41, 5.74) is 3.56. The molecule has 1 aromatic heterocycles. The topological polar surface area (TPSA) is 69.9 Å². The summed E-state index contributed by atoms with van der Waals surface area (Å²) in [6.07, 6.45) is 1.87. The van der Waals surface area contributed by atoms with Gasteiger partial charge in [0.1, 0.15) is 0 Å². The highest BCUT2D eigenvalue weighted by molar-refractivity contribution is 7.07. The van der Waals surface area contributed by atoms with Crippen molar-refractivity contribution in [2.45, 2.75) is 11.3 Å². The maximum absolute atomic E-state index is 13.6. The number of carbonyl (C=O) groups excluding carboxylic acids is 1. The van der Waals surface area contributed by atoms with Crippen molar-refractivity contribution in [1.82, 2.24) is 14.5 Å². The molecular weight excluding hydrogens is 458 g/mol. The Hall–Kier alpha value is -4.17. The quantitative estimate of drug-likeness (QED) is 0.489. The van der Waals surface area contributed by atoms with Crippen molar-refractivity contribution < 1.29 is 4.79 Å². The molecule has 0 radical (unpaired) electrons. The third kappa shape index (κ3) is 2.80. The fourth-order valence-electron chi connectivity index (χ4n) is 5.22. The normalized spacial score (nSPS) is 23.5. The Balaban J connectivity index is 1.72. The van der Waals surface area contributed by atoms with E-state index in [1.165, 1.54) is 16.0 Å². The van der Waals surface area contributed by atoms with Gasteiger partial charge in [-0.2, -0.15) is 4.68 Å². The van der Waals surface area contributed by atoms with E-state index in [-0.39, 0.29) is 11.6 Å². The molecule has 4 aromatic rings. The predicted molar refractivity (Wildman–Crippen MR) is 136 cm³/mol. The summed E-state index contributed by atoms with van der Waals surface area (Å²) < 4.78 is 2.04. The highest BCUT2D eigenvalue weighted by Gasteiger charge is 2.69. The van der Waals surface area contributed by atoms with Gasteiger partial charge in [-0.1, -0.05) is 102 Å². The van der Waals surface area contributed by atoms with Crippen molar-refractivity contribution in [3.8, 4) is 0 Å². The molecule has 0 unspecified atom stereocenters. The number of fused-ring (bicyclic) bond motifs is 2. The van der Waals surface area contributed by atoms with Crippen LogP contribution in [-0.2, 0) is 11.3 Å². The van der Waals surface area contributed by atoms with E-state index in [0.717, 1.165) is 16.7 Å². The Morgan fingerprint density at radius 2 is 1.37 bits per heavy atom. The summed E-state index contributed by atoms with van der Waals surface area (Å²) in [4.78, 5) is 36.2. The molecule has 7 nitrogen and oxygen atoms in total. The molecule has 8 heteroatoms. The number of rotatable bonds is 3. The van der Waals surface area contributed by atoms with Crippen LogP contribution in [0.4, 0.5) is 4.79 Å². The van der Waals surface area contributed by atoms with Gasteiger partial charge in [-0.25, -0.2) is 9.79 Å². The van der Waals surface area contributed by atoms with Gasteiger partial charge in [0, 0.05) is 25.2 Å². The van der Waals surface area contributed by atoms with Gasteiger partial charge in [0.15, 0.2) is 0 Å². The molecule has 0 aliphatic carbocycles. The summed E-state index contributed by atoms with van der Waals surface area (Å²) in [5, 5.41) is 0. The standard InChI is InChI=1S/C27H23N5O2S/c1-30-25(34)31(2)27(21-16-10-5-11-17-21)26(30,20-14-8-4-9-15-20)28-24-32(29-27)23(33)22(35-24)18-19-12-6-3-7-13-19/h3-18,29H,1-2H3/b22-18+/t26-,27+/m0/s1. The fraction of sp³-hybridized carbons (Fsp3) is 0.148. The largest absolute Gasteiger partial charge is 0.324 e. The summed E-state index contributed by atoms with van der Waals surface area (Å²) in [5.74, 6) is 0. The number of nitrogens with zero attached hydrogens (tertiary/aromatic N) is 4. The third-order valence-corrected chi connectivity index (χ3v) is 7.84. The molecule has 2 amide bonds. The lowest BCUT2D eigenvalue weighted by Crippen LogP contribution is -2.67. The predicted octanol–water partition coefficient (Wildman–Crippen LogP) is 2.62. The number of likely N-dealkylation sites (N-methyl/N-ethyl adjacent to an activating group) is 2. The van der Waals surface area contributed by atoms with Crippen molar-refractivity contribution in [2.24, 2.45) is 4.99 Å². The average molecular weight is 482 g/mol. The molecule has 2 atom stereocenters. The lowest BCUT2D eigenvalue weighted by atomic mass is 9.80. The van der Waals surface area contributed by atoms with Gasteiger partial charge < -0.3 is 0 Å². The van der Waals surface area contributed by atoms with Gasteiger partial charge in [-0.15, -0.1) is 0 Å². The van der Waals surface area contributed by atoms with E-state index in [1.807, 2.05) is 97.1 Å². The van der Waals surface area contributed by atoms with E-state index < -0.39 is 11.3 Å². The van der Waals surface area contributed by atoms with Gasteiger partial charge in [-0.05, 0) is 11.6 Å². The van der Waals surface area contributed by atoms with Crippen LogP contribution >= 0.6 is 11.3 Å². The van der Waals surface area contributed by atoms with Gasteiger partial charge in [0.25, 0.3) is 5.56 Å². The second-order valence-electron chi connectivity index (χ2n) is 8.68. The van der Waals surface area contributed by atoms with Crippen LogP contribution in [0.2, 0.25) is 0 Å². The Kier molecular flexibility index (Phi) is 4.69. The van der Waals surface area contributed by atoms with E-state index in [9.17, 15) is 9.59 Å². The summed E-state index contributed by atoms with van der Waals surface area (Å²) in [6, 6.07) is 29.0. The van der Waals surface area contributed by atoms with Gasteiger partial charge >= 0.3 is 6.03 Å². The summed E-state index contributed by atoms with van der Waals surface area (Å²) >= 11 is 1.31. The highest BCUT2D eigenvalue weighted by Crippen LogP contribution is 2.53. The summed E-state index contributed by atoms with van der Waals surface area (Å²) in [7, 11) is 3.51. The average Bonchev–Trinajstić information content (AvgIpc) is 3.29. The second kappa shape index (κ2) is 7.68.